The molecule has 0 N–H and O–H groups in total. The second-order valence-corrected chi connectivity index (χ2v) is 11.2. The molecule has 1 heteroatoms. The van der Waals surface area contributed by atoms with E-state index in [1.54, 1.807) is 11.1 Å². The first-order valence-electron chi connectivity index (χ1n) is 14.3. The number of fused-ring (bicyclic) bond motifs is 4. The summed E-state index contributed by atoms with van der Waals surface area (Å²) in [7, 11) is 0. The second-order valence-electron chi connectivity index (χ2n) is 11.2. The monoisotopic (exact) mass is 501 g/mol. The van der Waals surface area contributed by atoms with Crippen LogP contribution >= 0.6 is 0 Å². The van der Waals surface area contributed by atoms with Gasteiger partial charge < -0.3 is 4.90 Å². The molecule has 39 heavy (non-hydrogen) atoms. The topological polar surface area (TPSA) is 3.24 Å². The lowest BCUT2D eigenvalue weighted by molar-refractivity contribution is 0.359. The SMILES string of the molecule is c1ccc(N(c2ccccc2)c2c3ccccc3c(-c3ccc4c(c3)C3CCC4CC3)c3ccccc23)cc1. The molecule has 6 aromatic carbocycles. The molecule has 0 unspecified atom stereocenters. The van der Waals surface area contributed by atoms with Crippen LogP contribution in [0.4, 0.5) is 17.1 Å². The number of nitrogens with zero attached hydrogens (tertiary/aromatic N) is 1. The van der Waals surface area contributed by atoms with Gasteiger partial charge in [-0.1, -0.05) is 103 Å². The van der Waals surface area contributed by atoms with Crippen LogP contribution in [0, 0.1) is 0 Å². The summed E-state index contributed by atoms with van der Waals surface area (Å²) in [5.41, 5.74) is 9.50. The predicted molar refractivity (Wildman–Crippen MR) is 166 cm³/mol. The molecule has 1 saturated carbocycles. The van der Waals surface area contributed by atoms with Crippen molar-refractivity contribution in [2.24, 2.45) is 0 Å². The van der Waals surface area contributed by atoms with Gasteiger partial charge in [-0.15, -0.1) is 0 Å². The highest BCUT2D eigenvalue weighted by Gasteiger charge is 2.33. The summed E-state index contributed by atoms with van der Waals surface area (Å²) >= 11 is 0. The molecule has 0 aliphatic heterocycles. The van der Waals surface area contributed by atoms with E-state index >= 15 is 0 Å². The first-order chi connectivity index (χ1) is 19.4. The molecule has 0 spiro atoms. The van der Waals surface area contributed by atoms with Crippen LogP contribution in [0.5, 0.6) is 0 Å². The zero-order chi connectivity index (χ0) is 25.8. The zero-order valence-corrected chi connectivity index (χ0v) is 22.1. The molecule has 0 radical (unpaired) electrons. The van der Waals surface area contributed by atoms with Crippen LogP contribution in [0.3, 0.4) is 0 Å². The molecule has 0 aromatic heterocycles. The fourth-order valence-electron chi connectivity index (χ4n) is 7.39. The number of hydrogen-bond donors (Lipinski definition) is 0. The minimum atomic E-state index is 0.730. The molecule has 9 rings (SSSR count). The van der Waals surface area contributed by atoms with Gasteiger partial charge in [0.15, 0.2) is 0 Å². The van der Waals surface area contributed by atoms with E-state index in [1.807, 2.05) is 0 Å². The molecular formula is C38H31N. The van der Waals surface area contributed by atoms with Crippen LogP contribution < -0.4 is 4.90 Å². The molecule has 1 nitrogen and oxygen atoms in total. The van der Waals surface area contributed by atoms with E-state index in [9.17, 15) is 0 Å². The van der Waals surface area contributed by atoms with Crippen LogP contribution in [0.15, 0.2) is 127 Å². The van der Waals surface area contributed by atoms with Gasteiger partial charge in [-0.3, -0.25) is 0 Å². The lowest BCUT2D eigenvalue weighted by Crippen LogP contribution is -2.21. The van der Waals surface area contributed by atoms with Gasteiger partial charge in [0, 0.05) is 22.1 Å². The van der Waals surface area contributed by atoms with Gasteiger partial charge in [-0.2, -0.15) is 0 Å². The molecule has 2 bridgehead atoms. The van der Waals surface area contributed by atoms with Crippen molar-refractivity contribution in [3.63, 3.8) is 0 Å². The molecule has 0 atom stereocenters. The number of anilines is 3. The maximum absolute atomic E-state index is 2.55. The normalized spacial score (nSPS) is 17.8. The summed E-state index contributed by atoms with van der Waals surface area (Å²) < 4.78 is 0. The van der Waals surface area contributed by atoms with Gasteiger partial charge in [0.05, 0.1) is 5.69 Å². The van der Waals surface area contributed by atoms with Crippen molar-refractivity contribution in [1.29, 1.82) is 0 Å². The van der Waals surface area contributed by atoms with Crippen molar-refractivity contribution in [2.45, 2.75) is 37.5 Å². The summed E-state index contributed by atoms with van der Waals surface area (Å²) in [4.78, 5) is 2.43. The Balaban J connectivity index is 1.45. The van der Waals surface area contributed by atoms with Crippen molar-refractivity contribution < 1.29 is 0 Å². The van der Waals surface area contributed by atoms with Gasteiger partial charge in [-0.05, 0) is 94.8 Å². The Morgan fingerprint density at radius 3 is 1.44 bits per heavy atom. The Morgan fingerprint density at radius 1 is 0.436 bits per heavy atom. The van der Waals surface area contributed by atoms with Crippen LogP contribution in [0.25, 0.3) is 32.7 Å². The molecule has 1 fully saturated rings. The highest BCUT2D eigenvalue weighted by Crippen LogP contribution is 2.52. The molecule has 0 saturated heterocycles. The van der Waals surface area contributed by atoms with Gasteiger partial charge >= 0.3 is 0 Å². The minimum absolute atomic E-state index is 0.730. The van der Waals surface area contributed by atoms with Gasteiger partial charge in [-0.25, -0.2) is 0 Å². The predicted octanol–water partition coefficient (Wildman–Crippen LogP) is 10.9. The molecular weight excluding hydrogens is 470 g/mol. The highest BCUT2D eigenvalue weighted by molar-refractivity contribution is 6.22. The summed E-state index contributed by atoms with van der Waals surface area (Å²) in [5, 5.41) is 5.17. The van der Waals surface area contributed by atoms with Crippen molar-refractivity contribution in [3.05, 3.63) is 139 Å². The van der Waals surface area contributed by atoms with Gasteiger partial charge in [0.2, 0.25) is 0 Å². The summed E-state index contributed by atoms with van der Waals surface area (Å²) in [6.07, 6.45) is 5.44. The summed E-state index contributed by atoms with van der Waals surface area (Å²) in [6, 6.07) is 47.0. The molecule has 3 aliphatic carbocycles. The van der Waals surface area contributed by atoms with Crippen molar-refractivity contribution >= 4 is 38.6 Å². The summed E-state index contributed by atoms with van der Waals surface area (Å²) in [5.74, 6) is 1.49. The van der Waals surface area contributed by atoms with Crippen LogP contribution in [0.2, 0.25) is 0 Å². The standard InChI is InChI=1S/C38H31N/c1-3-11-29(12-4-1)39(30-13-5-2-6-14-30)38-34-17-9-7-15-32(34)37(33-16-8-10-18-35(33)38)28-23-24-31-26-19-21-27(22-20-26)36(31)25-28/h1-18,23-27H,19-22H2. The third kappa shape index (κ3) is 3.61. The van der Waals surface area contributed by atoms with E-state index in [-0.39, 0.29) is 0 Å². The van der Waals surface area contributed by atoms with Crippen molar-refractivity contribution in [1.82, 2.24) is 0 Å². The number of hydrogen-bond acceptors (Lipinski definition) is 1. The number of benzene rings is 6. The number of rotatable bonds is 4. The van der Waals surface area contributed by atoms with Crippen LogP contribution in [-0.2, 0) is 0 Å². The average Bonchev–Trinajstić information content (AvgIpc) is 3.02. The van der Waals surface area contributed by atoms with Crippen molar-refractivity contribution in [3.8, 4) is 11.1 Å². The molecule has 0 heterocycles. The molecule has 6 aromatic rings. The highest BCUT2D eigenvalue weighted by atomic mass is 15.1. The third-order valence-electron chi connectivity index (χ3n) is 9.14. The maximum atomic E-state index is 2.55. The largest absolute Gasteiger partial charge is 0.309 e. The average molecular weight is 502 g/mol. The van der Waals surface area contributed by atoms with Gasteiger partial charge in [0.1, 0.15) is 0 Å². The Kier molecular flexibility index (Phi) is 5.29. The van der Waals surface area contributed by atoms with Crippen LogP contribution in [0.1, 0.15) is 48.6 Å². The lowest BCUT2D eigenvalue weighted by atomic mass is 9.66. The van der Waals surface area contributed by atoms with E-state index in [0.29, 0.717) is 0 Å². The minimum Gasteiger partial charge on any atom is -0.309 e. The molecule has 188 valence electrons. The third-order valence-corrected chi connectivity index (χ3v) is 9.14. The Morgan fingerprint density at radius 2 is 0.897 bits per heavy atom. The fraction of sp³-hybridized carbons (Fsp3) is 0.158. The first-order valence-corrected chi connectivity index (χ1v) is 14.3. The van der Waals surface area contributed by atoms with E-state index in [1.165, 1.54) is 64.0 Å². The quantitative estimate of drug-likeness (QED) is 0.217. The summed E-state index contributed by atoms with van der Waals surface area (Å²) in [6.45, 7) is 0. The van der Waals surface area contributed by atoms with Crippen molar-refractivity contribution in [2.75, 3.05) is 4.90 Å². The fourth-order valence-corrected chi connectivity index (χ4v) is 7.39. The Labute approximate surface area is 230 Å². The zero-order valence-electron chi connectivity index (χ0n) is 22.1. The number of para-hydroxylation sites is 2. The van der Waals surface area contributed by atoms with Gasteiger partial charge in [0.25, 0.3) is 0 Å². The molecule has 3 aliphatic rings. The maximum Gasteiger partial charge on any atom is 0.0618 e. The smallest absolute Gasteiger partial charge is 0.0618 e. The van der Waals surface area contributed by atoms with Crippen LogP contribution in [-0.4, -0.2) is 0 Å². The Hall–Kier alpha value is -4.36. The van der Waals surface area contributed by atoms with E-state index < -0.39 is 0 Å². The van der Waals surface area contributed by atoms with E-state index in [0.717, 1.165) is 23.2 Å². The first kappa shape index (κ1) is 22.6. The van der Waals surface area contributed by atoms with E-state index in [2.05, 4.69) is 132 Å². The molecule has 0 amide bonds. The lowest BCUT2D eigenvalue weighted by Gasteiger charge is -2.38. The second kappa shape index (κ2) is 9.13. The van der Waals surface area contributed by atoms with E-state index in [4.69, 9.17) is 0 Å². The Bertz CT molecular complexity index is 1710.